The van der Waals surface area contributed by atoms with Gasteiger partial charge in [-0.3, -0.25) is 0 Å². The molecule has 0 fully saturated rings. The molecule has 0 N–H and O–H groups in total. The number of rotatable bonds is 3. The summed E-state index contributed by atoms with van der Waals surface area (Å²) < 4.78 is 98.7. The Hall–Kier alpha value is -1.71. The first kappa shape index (κ1) is 17.3. The van der Waals surface area contributed by atoms with E-state index in [9.17, 15) is 34.8 Å². The van der Waals surface area contributed by atoms with Crippen LogP contribution in [-0.2, 0) is 20.5 Å². The summed E-state index contributed by atoms with van der Waals surface area (Å²) in [4.78, 5) is 0. The minimum atomic E-state index is -5.85. The maximum atomic E-state index is 12.4. The van der Waals surface area contributed by atoms with Gasteiger partial charge in [-0.2, -0.15) is 34.8 Å². The molecule has 0 saturated carbocycles. The van der Waals surface area contributed by atoms with Gasteiger partial charge in [0.05, 0.1) is 5.56 Å². The highest BCUT2D eigenvalue weighted by Crippen LogP contribution is 2.30. The van der Waals surface area contributed by atoms with Gasteiger partial charge in [0.1, 0.15) is 5.76 Å². The van der Waals surface area contributed by atoms with Crippen LogP contribution < -0.4 is 0 Å². The number of hydrogen-bond donors (Lipinski definition) is 0. The molecule has 0 radical (unpaired) electrons. The summed E-state index contributed by atoms with van der Waals surface area (Å²) in [6.07, 6.45) is -3.88. The highest BCUT2D eigenvalue weighted by atomic mass is 32.2. The Morgan fingerprint density at radius 3 is 2.19 bits per heavy atom. The van der Waals surface area contributed by atoms with E-state index in [1.807, 2.05) is 0 Å². The lowest BCUT2D eigenvalue weighted by molar-refractivity contribution is -0.137. The van der Waals surface area contributed by atoms with Gasteiger partial charge in [-0.05, 0) is 30.7 Å². The lowest BCUT2D eigenvalue weighted by atomic mass is 10.1. The van der Waals surface area contributed by atoms with E-state index < -0.39 is 33.1 Å². The van der Waals surface area contributed by atoms with Crippen LogP contribution in [0, 0.1) is 0 Å². The van der Waals surface area contributed by atoms with Gasteiger partial charge in [-0.25, -0.2) is 0 Å². The predicted molar refractivity (Wildman–Crippen MR) is 61.2 cm³/mol. The summed E-state index contributed by atoms with van der Waals surface area (Å²) >= 11 is 0. The van der Waals surface area contributed by atoms with Crippen molar-refractivity contribution in [3.8, 4) is 0 Å². The Balaban J connectivity index is 3.04. The minimum absolute atomic E-state index is 0.153. The molecule has 0 saturated heterocycles. The van der Waals surface area contributed by atoms with E-state index in [0.717, 1.165) is 31.2 Å². The van der Waals surface area contributed by atoms with E-state index in [1.165, 1.54) is 0 Å². The van der Waals surface area contributed by atoms with Crippen molar-refractivity contribution in [1.29, 1.82) is 0 Å². The van der Waals surface area contributed by atoms with Crippen molar-refractivity contribution in [2.24, 2.45) is 0 Å². The second kappa shape index (κ2) is 5.58. The Kier molecular flexibility index (Phi) is 4.61. The molecule has 0 atom stereocenters. The van der Waals surface area contributed by atoms with E-state index in [0.29, 0.717) is 6.07 Å². The molecule has 0 amide bonds. The molecule has 10 heteroatoms. The molecule has 0 heterocycles. The molecule has 1 aromatic carbocycles. The Labute approximate surface area is 116 Å². The van der Waals surface area contributed by atoms with Crippen LogP contribution in [0.2, 0.25) is 0 Å². The van der Waals surface area contributed by atoms with Crippen LogP contribution >= 0.6 is 0 Å². The fourth-order valence-corrected chi connectivity index (χ4v) is 1.77. The minimum Gasteiger partial charge on any atom is -0.381 e. The van der Waals surface area contributed by atoms with Crippen LogP contribution in [0.1, 0.15) is 18.1 Å². The number of halogens is 6. The van der Waals surface area contributed by atoms with Gasteiger partial charge in [0.15, 0.2) is 0 Å². The lowest BCUT2D eigenvalue weighted by Crippen LogP contribution is -2.24. The number of hydrogen-bond acceptors (Lipinski definition) is 3. The summed E-state index contributed by atoms with van der Waals surface area (Å²) in [5, 5.41) is 0. The molecule has 3 nitrogen and oxygen atoms in total. The van der Waals surface area contributed by atoms with Gasteiger partial charge in [0, 0.05) is 0 Å². The summed E-state index contributed by atoms with van der Waals surface area (Å²) in [5.41, 5.74) is -6.79. The third-order valence-electron chi connectivity index (χ3n) is 2.11. The molecule has 0 bridgehead atoms. The Morgan fingerprint density at radius 2 is 1.71 bits per heavy atom. The van der Waals surface area contributed by atoms with E-state index in [4.69, 9.17) is 0 Å². The molecule has 21 heavy (non-hydrogen) atoms. The standard InChI is InChI=1S/C11H8F6O3S/c1-7(20-21(18,19)11(15,16)17)5-8-3-2-4-9(6-8)10(12,13)14/h2-6H,1H3/b7-5-. The fraction of sp³-hybridized carbons (Fsp3) is 0.273. The molecular weight excluding hydrogens is 326 g/mol. The second-order valence-corrected chi connectivity index (χ2v) is 5.40. The van der Waals surface area contributed by atoms with Crippen molar-refractivity contribution in [3.05, 3.63) is 41.2 Å². The average molecular weight is 334 g/mol. The summed E-state index contributed by atoms with van der Waals surface area (Å²) in [7, 11) is -5.85. The normalized spacial score (nSPS) is 14.1. The molecule has 1 rings (SSSR count). The predicted octanol–water partition coefficient (Wildman–Crippen LogP) is 3.93. The van der Waals surface area contributed by atoms with Crippen LogP contribution in [-0.4, -0.2) is 13.9 Å². The zero-order valence-electron chi connectivity index (χ0n) is 10.3. The van der Waals surface area contributed by atoms with Crippen LogP contribution in [0.5, 0.6) is 0 Å². The van der Waals surface area contributed by atoms with Gasteiger partial charge < -0.3 is 4.18 Å². The highest BCUT2D eigenvalue weighted by Gasteiger charge is 2.48. The maximum absolute atomic E-state index is 12.4. The van der Waals surface area contributed by atoms with Crippen LogP contribution in [0.4, 0.5) is 26.3 Å². The Morgan fingerprint density at radius 1 is 1.14 bits per heavy atom. The first-order valence-corrected chi connectivity index (χ1v) is 6.60. The quantitative estimate of drug-likeness (QED) is 0.364. The molecule has 118 valence electrons. The SMILES string of the molecule is C/C(=C/c1cccc(C(F)(F)F)c1)OS(=O)(=O)C(F)(F)F. The van der Waals surface area contributed by atoms with E-state index >= 15 is 0 Å². The van der Waals surface area contributed by atoms with Crippen molar-refractivity contribution < 1.29 is 38.9 Å². The molecule has 0 unspecified atom stereocenters. The van der Waals surface area contributed by atoms with Gasteiger partial charge in [0.25, 0.3) is 0 Å². The lowest BCUT2D eigenvalue weighted by Gasteiger charge is -2.10. The summed E-state index contributed by atoms with van der Waals surface area (Å²) in [6, 6.07) is 3.59. The van der Waals surface area contributed by atoms with Crippen molar-refractivity contribution in [3.63, 3.8) is 0 Å². The molecule has 0 aromatic heterocycles. The second-order valence-electron chi connectivity index (χ2n) is 3.86. The zero-order chi connectivity index (χ0) is 16.5. The Bertz CT molecular complexity index is 643. The van der Waals surface area contributed by atoms with Gasteiger partial charge in [-0.1, -0.05) is 12.1 Å². The van der Waals surface area contributed by atoms with Crippen molar-refractivity contribution in [2.45, 2.75) is 18.6 Å². The molecular formula is C11H8F6O3S. The van der Waals surface area contributed by atoms with Gasteiger partial charge in [-0.15, -0.1) is 0 Å². The van der Waals surface area contributed by atoms with Crippen molar-refractivity contribution in [1.82, 2.24) is 0 Å². The molecule has 0 aliphatic carbocycles. The van der Waals surface area contributed by atoms with Gasteiger partial charge >= 0.3 is 21.8 Å². The van der Waals surface area contributed by atoms with Crippen LogP contribution in [0.25, 0.3) is 6.08 Å². The van der Waals surface area contributed by atoms with Crippen molar-refractivity contribution in [2.75, 3.05) is 0 Å². The molecule has 0 aliphatic rings. The number of benzene rings is 1. The van der Waals surface area contributed by atoms with Crippen LogP contribution in [0.3, 0.4) is 0 Å². The fourth-order valence-electron chi connectivity index (χ4n) is 1.28. The van der Waals surface area contributed by atoms with E-state index in [1.54, 1.807) is 0 Å². The molecule has 1 aromatic rings. The van der Waals surface area contributed by atoms with E-state index in [2.05, 4.69) is 4.18 Å². The first-order chi connectivity index (χ1) is 9.33. The summed E-state index contributed by atoms with van der Waals surface area (Å²) in [6.45, 7) is 0.879. The zero-order valence-corrected chi connectivity index (χ0v) is 11.1. The smallest absolute Gasteiger partial charge is 0.381 e. The third-order valence-corrected chi connectivity index (χ3v) is 3.16. The topological polar surface area (TPSA) is 43.4 Å². The van der Waals surface area contributed by atoms with E-state index in [-0.39, 0.29) is 5.56 Å². The van der Waals surface area contributed by atoms with Crippen LogP contribution in [0.15, 0.2) is 30.0 Å². The number of allylic oxidation sites excluding steroid dienone is 1. The summed E-state index contributed by atoms with van der Waals surface area (Å²) in [5.74, 6) is -0.716. The van der Waals surface area contributed by atoms with Crippen molar-refractivity contribution >= 4 is 16.2 Å². The largest absolute Gasteiger partial charge is 0.534 e. The maximum Gasteiger partial charge on any atom is 0.534 e. The highest BCUT2D eigenvalue weighted by molar-refractivity contribution is 7.87. The molecule has 0 spiro atoms. The monoisotopic (exact) mass is 334 g/mol. The average Bonchev–Trinajstić information content (AvgIpc) is 2.25. The molecule has 0 aliphatic heterocycles. The third kappa shape index (κ3) is 4.66. The van der Waals surface area contributed by atoms with Gasteiger partial charge in [0.2, 0.25) is 0 Å². The number of alkyl halides is 6. The first-order valence-electron chi connectivity index (χ1n) is 5.19.